The molecule has 1 atom stereocenters. The van der Waals surface area contributed by atoms with E-state index in [9.17, 15) is 4.79 Å². The topological polar surface area (TPSA) is 50.8 Å². The molecule has 1 aliphatic heterocycles. The van der Waals surface area contributed by atoms with Gasteiger partial charge in [-0.25, -0.2) is 0 Å². The first-order valence-corrected chi connectivity index (χ1v) is 6.65. The Balaban J connectivity index is 2.09. The summed E-state index contributed by atoms with van der Waals surface area (Å²) in [5, 5.41) is 4.54. The maximum absolute atomic E-state index is 11.8. The van der Waals surface area contributed by atoms with E-state index in [1.165, 1.54) is 0 Å². The first-order valence-electron chi connectivity index (χ1n) is 6.65. The van der Waals surface area contributed by atoms with Crippen molar-refractivity contribution in [3.05, 3.63) is 42.5 Å². The molecule has 0 spiro atoms. The Morgan fingerprint density at radius 1 is 1.55 bits per heavy atom. The fourth-order valence-electron chi connectivity index (χ4n) is 2.20. The van der Waals surface area contributed by atoms with Gasteiger partial charge in [0.1, 0.15) is 11.8 Å². The molecule has 1 aromatic rings. The number of methoxy groups -OCH3 is 1. The van der Waals surface area contributed by atoms with Gasteiger partial charge in [-0.05, 0) is 24.1 Å². The van der Waals surface area contributed by atoms with Crippen molar-refractivity contribution in [2.45, 2.75) is 19.0 Å². The molecule has 1 fully saturated rings. The van der Waals surface area contributed by atoms with Crippen molar-refractivity contribution in [1.29, 1.82) is 0 Å². The monoisotopic (exact) mass is 276 g/mol. The van der Waals surface area contributed by atoms with E-state index in [2.05, 4.69) is 11.9 Å². The molecule has 0 aliphatic carbocycles. The van der Waals surface area contributed by atoms with Crippen LogP contribution in [0.25, 0.3) is 0 Å². The highest BCUT2D eigenvalue weighted by molar-refractivity contribution is 5.83. The molecule has 2 rings (SSSR count). The number of hydroxylamine groups is 2. The van der Waals surface area contributed by atoms with E-state index < -0.39 is 0 Å². The SMILES string of the molecule is C=CCON(Cc1cccc(OC)c1)C1CCNC1=O. The normalized spacial score (nSPS) is 18.1. The molecule has 1 amide bonds. The summed E-state index contributed by atoms with van der Waals surface area (Å²) >= 11 is 0. The van der Waals surface area contributed by atoms with Gasteiger partial charge in [-0.2, -0.15) is 5.06 Å². The van der Waals surface area contributed by atoms with Gasteiger partial charge in [0.25, 0.3) is 0 Å². The van der Waals surface area contributed by atoms with Crippen LogP contribution in [0.1, 0.15) is 12.0 Å². The Bertz CT molecular complexity index is 476. The van der Waals surface area contributed by atoms with E-state index in [1.54, 1.807) is 18.2 Å². The van der Waals surface area contributed by atoms with Crippen LogP contribution < -0.4 is 10.1 Å². The maximum atomic E-state index is 11.8. The first-order chi connectivity index (χ1) is 9.74. The number of carbonyl (C=O) groups is 1. The van der Waals surface area contributed by atoms with Gasteiger partial charge in [0.05, 0.1) is 20.3 Å². The number of amides is 1. The molecule has 0 radical (unpaired) electrons. The zero-order valence-corrected chi connectivity index (χ0v) is 11.7. The molecule has 20 heavy (non-hydrogen) atoms. The highest BCUT2D eigenvalue weighted by Gasteiger charge is 2.31. The summed E-state index contributed by atoms with van der Waals surface area (Å²) in [5.74, 6) is 0.805. The average molecular weight is 276 g/mol. The van der Waals surface area contributed by atoms with Crippen molar-refractivity contribution in [3.63, 3.8) is 0 Å². The van der Waals surface area contributed by atoms with Gasteiger partial charge in [0.2, 0.25) is 5.91 Å². The molecule has 108 valence electrons. The van der Waals surface area contributed by atoms with Gasteiger partial charge in [0.15, 0.2) is 0 Å². The van der Waals surface area contributed by atoms with E-state index in [0.29, 0.717) is 19.7 Å². The number of rotatable bonds is 7. The van der Waals surface area contributed by atoms with Crippen molar-refractivity contribution in [2.75, 3.05) is 20.3 Å². The minimum absolute atomic E-state index is 0.0111. The number of carbonyl (C=O) groups excluding carboxylic acids is 1. The highest BCUT2D eigenvalue weighted by Crippen LogP contribution is 2.18. The second-order valence-corrected chi connectivity index (χ2v) is 4.61. The van der Waals surface area contributed by atoms with Crippen molar-refractivity contribution in [3.8, 4) is 5.75 Å². The van der Waals surface area contributed by atoms with Crippen LogP contribution in [0.2, 0.25) is 0 Å². The maximum Gasteiger partial charge on any atom is 0.239 e. The molecule has 1 aliphatic rings. The Hall–Kier alpha value is -1.85. The first kappa shape index (κ1) is 14.6. The van der Waals surface area contributed by atoms with Gasteiger partial charge in [-0.15, -0.1) is 6.58 Å². The third-order valence-corrected chi connectivity index (χ3v) is 3.20. The molecule has 0 bridgehead atoms. The van der Waals surface area contributed by atoms with Crippen LogP contribution in [0.4, 0.5) is 0 Å². The third kappa shape index (κ3) is 3.59. The number of nitrogens with zero attached hydrogens (tertiary/aromatic N) is 1. The van der Waals surface area contributed by atoms with Crippen molar-refractivity contribution in [2.24, 2.45) is 0 Å². The Morgan fingerprint density at radius 3 is 3.05 bits per heavy atom. The lowest BCUT2D eigenvalue weighted by molar-refractivity contribution is -0.186. The van der Waals surface area contributed by atoms with Crippen molar-refractivity contribution >= 4 is 5.91 Å². The molecular weight excluding hydrogens is 256 g/mol. The van der Waals surface area contributed by atoms with E-state index >= 15 is 0 Å². The van der Waals surface area contributed by atoms with Crippen molar-refractivity contribution in [1.82, 2.24) is 10.4 Å². The standard InChI is InChI=1S/C15H20N2O3/c1-3-9-20-17(14-7-8-16-15(14)18)11-12-5-4-6-13(10-12)19-2/h3-6,10,14H,1,7-9,11H2,2H3,(H,16,18). The number of benzene rings is 1. The quantitative estimate of drug-likeness (QED) is 0.606. The van der Waals surface area contributed by atoms with Crippen LogP contribution in [0, 0.1) is 0 Å². The van der Waals surface area contributed by atoms with Gasteiger partial charge in [0, 0.05) is 6.54 Å². The lowest BCUT2D eigenvalue weighted by atomic mass is 10.2. The Morgan fingerprint density at radius 2 is 2.40 bits per heavy atom. The fourth-order valence-corrected chi connectivity index (χ4v) is 2.20. The number of hydrogen-bond donors (Lipinski definition) is 1. The van der Waals surface area contributed by atoms with E-state index in [0.717, 1.165) is 17.7 Å². The second-order valence-electron chi connectivity index (χ2n) is 4.61. The van der Waals surface area contributed by atoms with Crippen LogP contribution in [0.15, 0.2) is 36.9 Å². The summed E-state index contributed by atoms with van der Waals surface area (Å²) in [7, 11) is 1.63. The molecule has 1 heterocycles. The largest absolute Gasteiger partial charge is 0.497 e. The zero-order chi connectivity index (χ0) is 14.4. The zero-order valence-electron chi connectivity index (χ0n) is 11.7. The minimum atomic E-state index is -0.249. The molecule has 1 saturated heterocycles. The fraction of sp³-hybridized carbons (Fsp3) is 0.400. The van der Waals surface area contributed by atoms with E-state index in [1.807, 2.05) is 24.3 Å². The molecule has 0 aromatic heterocycles. The molecule has 0 saturated carbocycles. The predicted octanol–water partition coefficient (Wildman–Crippen LogP) is 1.50. The smallest absolute Gasteiger partial charge is 0.239 e. The number of nitrogens with one attached hydrogen (secondary N) is 1. The summed E-state index contributed by atoms with van der Waals surface area (Å²) < 4.78 is 5.21. The Kier molecular flexibility index (Phi) is 5.15. The van der Waals surface area contributed by atoms with Crippen molar-refractivity contribution < 1.29 is 14.4 Å². The minimum Gasteiger partial charge on any atom is -0.497 e. The Labute approximate surface area is 119 Å². The molecule has 5 nitrogen and oxygen atoms in total. The molecule has 5 heteroatoms. The number of ether oxygens (including phenoxy) is 1. The molecule has 1 aromatic carbocycles. The molecule has 1 N–H and O–H groups in total. The van der Waals surface area contributed by atoms with Crippen LogP contribution >= 0.6 is 0 Å². The second kappa shape index (κ2) is 7.07. The molecular formula is C15H20N2O3. The van der Waals surface area contributed by atoms with Crippen LogP contribution in [-0.2, 0) is 16.2 Å². The highest BCUT2D eigenvalue weighted by atomic mass is 16.7. The van der Waals surface area contributed by atoms with E-state index in [-0.39, 0.29) is 11.9 Å². The van der Waals surface area contributed by atoms with Gasteiger partial charge >= 0.3 is 0 Å². The van der Waals surface area contributed by atoms with Gasteiger partial charge in [-0.1, -0.05) is 18.2 Å². The summed E-state index contributed by atoms with van der Waals surface area (Å²) in [6, 6.07) is 7.49. The third-order valence-electron chi connectivity index (χ3n) is 3.20. The lowest BCUT2D eigenvalue weighted by Crippen LogP contribution is -2.40. The van der Waals surface area contributed by atoms with Crippen LogP contribution in [-0.4, -0.2) is 37.3 Å². The summed E-state index contributed by atoms with van der Waals surface area (Å²) in [6.07, 6.45) is 2.42. The van der Waals surface area contributed by atoms with E-state index in [4.69, 9.17) is 9.57 Å². The average Bonchev–Trinajstić information content (AvgIpc) is 2.90. The molecule has 1 unspecified atom stereocenters. The van der Waals surface area contributed by atoms with Gasteiger partial charge in [-0.3, -0.25) is 9.63 Å². The lowest BCUT2D eigenvalue weighted by Gasteiger charge is -2.25. The number of hydrogen-bond acceptors (Lipinski definition) is 4. The van der Waals surface area contributed by atoms with Gasteiger partial charge < -0.3 is 10.1 Å². The predicted molar refractivity (Wildman–Crippen MR) is 76.1 cm³/mol. The van der Waals surface area contributed by atoms with Crippen LogP contribution in [0.3, 0.4) is 0 Å². The summed E-state index contributed by atoms with van der Waals surface area (Å²) in [5.41, 5.74) is 1.04. The summed E-state index contributed by atoms with van der Waals surface area (Å²) in [6.45, 7) is 5.24. The summed E-state index contributed by atoms with van der Waals surface area (Å²) in [4.78, 5) is 17.4. The van der Waals surface area contributed by atoms with Crippen LogP contribution in [0.5, 0.6) is 5.75 Å².